The highest BCUT2D eigenvalue weighted by Crippen LogP contribution is 2.35. The molecule has 0 radical (unpaired) electrons. The zero-order valence-electron chi connectivity index (χ0n) is 16.0. The van der Waals surface area contributed by atoms with Crippen molar-refractivity contribution in [2.24, 2.45) is 0 Å². The Hall–Kier alpha value is -3.15. The number of anilines is 2. The van der Waals surface area contributed by atoms with Crippen molar-refractivity contribution in [1.82, 2.24) is 29.6 Å². The Morgan fingerprint density at radius 1 is 1.13 bits per heavy atom. The van der Waals surface area contributed by atoms with E-state index in [1.54, 1.807) is 24.4 Å². The van der Waals surface area contributed by atoms with Gasteiger partial charge in [0.05, 0.1) is 17.0 Å². The largest absolute Gasteiger partial charge is 0.336 e. The zero-order chi connectivity index (χ0) is 21.8. The second-order valence-corrected chi connectivity index (χ2v) is 7.72. The van der Waals surface area contributed by atoms with E-state index in [2.05, 4.69) is 35.0 Å². The van der Waals surface area contributed by atoms with Crippen LogP contribution in [0, 0.1) is 5.82 Å². The Labute approximate surface area is 183 Å². The van der Waals surface area contributed by atoms with Crippen LogP contribution in [-0.4, -0.2) is 39.9 Å². The minimum Gasteiger partial charge on any atom is -0.336 e. The number of hydrogen-bond acceptors (Lipinski definition) is 7. The summed E-state index contributed by atoms with van der Waals surface area (Å²) in [6, 6.07) is 6.42. The van der Waals surface area contributed by atoms with Crippen LogP contribution in [-0.2, 0) is 17.3 Å². The van der Waals surface area contributed by atoms with Gasteiger partial charge in [0.25, 0.3) is 0 Å². The number of thiol groups is 1. The molecule has 0 unspecified atom stereocenters. The number of aromatic amines is 1. The van der Waals surface area contributed by atoms with Crippen LogP contribution in [0.4, 0.5) is 15.9 Å². The first-order chi connectivity index (χ1) is 15.0. The van der Waals surface area contributed by atoms with E-state index >= 15 is 0 Å². The fourth-order valence-corrected chi connectivity index (χ4v) is 3.76. The molecule has 4 rings (SSSR count). The molecular weight excluding hydrogens is 445 g/mol. The summed E-state index contributed by atoms with van der Waals surface area (Å²) in [5.41, 5.74) is 3.03. The number of aryl methyl sites for hydroxylation is 1. The molecule has 31 heavy (non-hydrogen) atoms. The molecule has 3 N–H and O–H groups in total. The van der Waals surface area contributed by atoms with Crippen LogP contribution < -0.4 is 10.0 Å². The normalized spacial score (nSPS) is 11.3. The van der Waals surface area contributed by atoms with Crippen molar-refractivity contribution >= 4 is 45.2 Å². The van der Waals surface area contributed by atoms with E-state index in [9.17, 15) is 12.8 Å². The lowest BCUT2D eigenvalue weighted by molar-refractivity contribution is 0.599. The Morgan fingerprint density at radius 3 is 2.84 bits per heavy atom. The Balaban J connectivity index is 1.66. The molecule has 12 heteroatoms. The molecule has 0 bridgehead atoms. The molecule has 160 valence electrons. The maximum absolute atomic E-state index is 14.6. The van der Waals surface area contributed by atoms with Crippen LogP contribution in [0.15, 0.2) is 43.1 Å². The molecule has 0 aliphatic carbocycles. The minimum atomic E-state index is -2.65. The van der Waals surface area contributed by atoms with Crippen LogP contribution in [0.3, 0.4) is 0 Å². The van der Waals surface area contributed by atoms with Crippen molar-refractivity contribution in [3.63, 3.8) is 0 Å². The average Bonchev–Trinajstić information content (AvgIpc) is 3.25. The molecule has 1 aromatic carbocycles. The van der Waals surface area contributed by atoms with Gasteiger partial charge in [0.1, 0.15) is 29.2 Å². The first-order valence-corrected chi connectivity index (χ1v) is 10.8. The number of hydrogen-bond donors (Lipinski definition) is 4. The third-order valence-electron chi connectivity index (χ3n) is 4.56. The number of imidazole rings is 1. The number of halogens is 2. The number of benzene rings is 1. The third kappa shape index (κ3) is 4.63. The monoisotopic (exact) mass is 461 g/mol. The van der Waals surface area contributed by atoms with Crippen molar-refractivity contribution < 1.29 is 12.8 Å². The summed E-state index contributed by atoms with van der Waals surface area (Å²) in [4.78, 5) is 20.0. The first-order valence-electron chi connectivity index (χ1n) is 9.26. The summed E-state index contributed by atoms with van der Waals surface area (Å²) in [5, 5.41) is 3.19. The highest BCUT2D eigenvalue weighted by Gasteiger charge is 2.17. The summed E-state index contributed by atoms with van der Waals surface area (Å²) in [5.74, 6) is -0.188. The second-order valence-electron chi connectivity index (χ2n) is 6.51. The van der Waals surface area contributed by atoms with Crippen molar-refractivity contribution in [2.75, 3.05) is 11.9 Å². The van der Waals surface area contributed by atoms with E-state index < -0.39 is 16.7 Å². The van der Waals surface area contributed by atoms with Gasteiger partial charge in [-0.15, -0.1) is 0 Å². The van der Waals surface area contributed by atoms with E-state index in [-0.39, 0.29) is 17.3 Å². The summed E-state index contributed by atoms with van der Waals surface area (Å²) >= 11 is 6.47. The zero-order valence-corrected chi connectivity index (χ0v) is 17.6. The predicted molar refractivity (Wildman–Crippen MR) is 116 cm³/mol. The van der Waals surface area contributed by atoms with Gasteiger partial charge in [0, 0.05) is 18.3 Å². The fourth-order valence-electron chi connectivity index (χ4n) is 3.13. The predicted octanol–water partition coefficient (Wildman–Crippen LogP) is 3.00. The topological polar surface area (TPSA) is 126 Å². The smallest absolute Gasteiger partial charge is 0.201 e. The van der Waals surface area contributed by atoms with Gasteiger partial charge in [-0.05, 0) is 36.6 Å². The molecule has 3 aromatic heterocycles. The molecular formula is C19H17ClFN7O2S. The van der Waals surface area contributed by atoms with E-state index in [1.165, 1.54) is 18.7 Å². The van der Waals surface area contributed by atoms with E-state index in [0.29, 0.717) is 46.6 Å². The molecule has 4 aromatic rings. The number of nitrogens with one attached hydrogen (secondary N) is 3. The lowest BCUT2D eigenvalue weighted by Gasteiger charge is -2.15. The van der Waals surface area contributed by atoms with Crippen LogP contribution in [0.2, 0.25) is 5.02 Å². The van der Waals surface area contributed by atoms with Gasteiger partial charge in [-0.1, -0.05) is 17.7 Å². The Morgan fingerprint density at radius 2 is 2.00 bits per heavy atom. The number of nitrogens with zero attached hydrogens (tertiary/aromatic N) is 4. The summed E-state index contributed by atoms with van der Waals surface area (Å²) in [6.45, 7) is 0.271. The molecule has 0 aliphatic rings. The van der Waals surface area contributed by atoms with Gasteiger partial charge >= 0.3 is 0 Å². The summed E-state index contributed by atoms with van der Waals surface area (Å²) in [6.07, 6.45) is 5.48. The number of pyridine rings is 1. The molecule has 0 fully saturated rings. The SMILES string of the molecule is O=[SH](=O)NCCCc1ccc(F)c(Nc2ncccc2-c2ncnc3[nH]cnc23)c1Cl. The quantitative estimate of drug-likeness (QED) is 0.235. The maximum Gasteiger partial charge on any atom is 0.201 e. The number of H-pyrrole nitrogens is 1. The van der Waals surface area contributed by atoms with Crippen LogP contribution >= 0.6 is 11.6 Å². The molecule has 0 amide bonds. The number of aromatic nitrogens is 5. The number of rotatable bonds is 8. The van der Waals surface area contributed by atoms with Gasteiger partial charge < -0.3 is 10.3 Å². The van der Waals surface area contributed by atoms with E-state index in [4.69, 9.17) is 11.6 Å². The highest BCUT2D eigenvalue weighted by molar-refractivity contribution is 7.70. The van der Waals surface area contributed by atoms with Crippen LogP contribution in [0.5, 0.6) is 0 Å². The van der Waals surface area contributed by atoms with Crippen LogP contribution in [0.25, 0.3) is 22.4 Å². The van der Waals surface area contributed by atoms with Crippen molar-refractivity contribution in [3.8, 4) is 11.3 Å². The van der Waals surface area contributed by atoms with Crippen LogP contribution in [0.1, 0.15) is 12.0 Å². The standard InChI is InChI=1S/C19H17ClFN7O2S/c20-14-11(3-1-8-27-31(29)30)5-6-13(21)16(14)28-18-12(4-2-7-22-18)15-17-19(25-9-23-15)26-10-24-17/h2,4-7,9-10,31H,1,3,8H2,(H,22,28)(H,27,29,30)(H,23,24,25,26). The van der Waals surface area contributed by atoms with E-state index in [1.807, 2.05) is 0 Å². The van der Waals surface area contributed by atoms with Gasteiger partial charge in [-0.25, -0.2) is 37.5 Å². The van der Waals surface area contributed by atoms with Crippen molar-refractivity contribution in [2.45, 2.75) is 12.8 Å². The molecule has 0 spiro atoms. The molecule has 3 heterocycles. The van der Waals surface area contributed by atoms with Crippen molar-refractivity contribution in [1.29, 1.82) is 0 Å². The molecule has 9 nitrogen and oxygen atoms in total. The molecule has 0 aliphatic heterocycles. The lowest BCUT2D eigenvalue weighted by atomic mass is 10.1. The third-order valence-corrected chi connectivity index (χ3v) is 5.47. The lowest BCUT2D eigenvalue weighted by Crippen LogP contribution is -2.13. The van der Waals surface area contributed by atoms with Gasteiger partial charge in [-0.2, -0.15) is 0 Å². The maximum atomic E-state index is 14.6. The highest BCUT2D eigenvalue weighted by atomic mass is 35.5. The average molecular weight is 462 g/mol. The van der Waals surface area contributed by atoms with Gasteiger partial charge in [-0.3, -0.25) is 0 Å². The first kappa shape index (κ1) is 21.1. The second kappa shape index (κ2) is 9.33. The minimum absolute atomic E-state index is 0.0781. The molecule has 0 saturated heterocycles. The van der Waals surface area contributed by atoms with Crippen molar-refractivity contribution in [3.05, 3.63) is 59.5 Å². The molecule has 0 atom stereocenters. The summed E-state index contributed by atoms with van der Waals surface area (Å²) < 4.78 is 38.2. The van der Waals surface area contributed by atoms with E-state index in [0.717, 1.165) is 0 Å². The summed E-state index contributed by atoms with van der Waals surface area (Å²) in [7, 11) is -2.65. The van der Waals surface area contributed by atoms with Gasteiger partial charge in [0.15, 0.2) is 5.65 Å². The Bertz CT molecular complexity index is 1300. The number of fused-ring (bicyclic) bond motifs is 1. The van der Waals surface area contributed by atoms with Gasteiger partial charge in [0.2, 0.25) is 10.9 Å². The fraction of sp³-hybridized carbons (Fsp3) is 0.158. The molecule has 0 saturated carbocycles. The Kier molecular flexibility index (Phi) is 6.35.